The van der Waals surface area contributed by atoms with Gasteiger partial charge in [0.25, 0.3) is 0 Å². The fourth-order valence-electron chi connectivity index (χ4n) is 1.62. The van der Waals surface area contributed by atoms with E-state index < -0.39 is 0 Å². The van der Waals surface area contributed by atoms with Gasteiger partial charge in [-0.05, 0) is 12.1 Å². The van der Waals surface area contributed by atoms with Crippen molar-refractivity contribution in [2.75, 3.05) is 26.2 Å². The Labute approximate surface area is 82.9 Å². The average Bonchev–Trinajstić information content (AvgIpc) is 2.23. The standard InChI is InChI=1S/C10H14FN3/c11-9-2-1-3-13-10(9)8-14-6-4-12-5-7-14/h1-3,12H,4-8H2. The van der Waals surface area contributed by atoms with Crippen LogP contribution >= 0.6 is 0 Å². The van der Waals surface area contributed by atoms with E-state index in [1.807, 2.05) is 0 Å². The molecule has 76 valence electrons. The fourth-order valence-corrected chi connectivity index (χ4v) is 1.62. The third-order valence-corrected chi connectivity index (χ3v) is 2.42. The van der Waals surface area contributed by atoms with Crippen LogP contribution in [0.25, 0.3) is 0 Å². The molecule has 0 bridgehead atoms. The van der Waals surface area contributed by atoms with E-state index in [4.69, 9.17) is 0 Å². The quantitative estimate of drug-likeness (QED) is 0.750. The van der Waals surface area contributed by atoms with Gasteiger partial charge in [-0.15, -0.1) is 0 Å². The Bertz CT molecular complexity index is 297. The van der Waals surface area contributed by atoms with Crippen molar-refractivity contribution in [2.45, 2.75) is 6.54 Å². The van der Waals surface area contributed by atoms with Crippen LogP contribution in [0.1, 0.15) is 5.69 Å². The van der Waals surface area contributed by atoms with Crippen molar-refractivity contribution in [2.24, 2.45) is 0 Å². The Balaban J connectivity index is 1.99. The van der Waals surface area contributed by atoms with Crippen molar-refractivity contribution in [3.05, 3.63) is 29.8 Å². The highest BCUT2D eigenvalue weighted by atomic mass is 19.1. The number of rotatable bonds is 2. The molecule has 2 heterocycles. The van der Waals surface area contributed by atoms with E-state index >= 15 is 0 Å². The predicted octanol–water partition coefficient (Wildman–Crippen LogP) is 0.626. The Hall–Kier alpha value is -1.00. The van der Waals surface area contributed by atoms with E-state index in [1.165, 1.54) is 6.07 Å². The Morgan fingerprint density at radius 3 is 2.93 bits per heavy atom. The minimum absolute atomic E-state index is 0.203. The first-order valence-corrected chi connectivity index (χ1v) is 4.89. The molecule has 3 nitrogen and oxygen atoms in total. The topological polar surface area (TPSA) is 28.2 Å². The van der Waals surface area contributed by atoms with Crippen LogP contribution in [0.15, 0.2) is 18.3 Å². The van der Waals surface area contributed by atoms with E-state index in [0.29, 0.717) is 12.2 Å². The van der Waals surface area contributed by atoms with E-state index in [0.717, 1.165) is 26.2 Å². The summed E-state index contributed by atoms with van der Waals surface area (Å²) in [4.78, 5) is 6.25. The van der Waals surface area contributed by atoms with Crippen molar-refractivity contribution in [1.82, 2.24) is 15.2 Å². The van der Waals surface area contributed by atoms with Crippen LogP contribution in [0, 0.1) is 5.82 Å². The average molecular weight is 195 g/mol. The fraction of sp³-hybridized carbons (Fsp3) is 0.500. The summed E-state index contributed by atoms with van der Waals surface area (Å²) in [7, 11) is 0. The molecule has 1 aliphatic rings. The summed E-state index contributed by atoms with van der Waals surface area (Å²) in [5, 5.41) is 3.26. The van der Waals surface area contributed by atoms with Crippen LogP contribution < -0.4 is 5.32 Å². The lowest BCUT2D eigenvalue weighted by molar-refractivity contribution is 0.227. The first-order valence-electron chi connectivity index (χ1n) is 4.89. The van der Waals surface area contributed by atoms with Crippen LogP contribution in [0.4, 0.5) is 4.39 Å². The van der Waals surface area contributed by atoms with E-state index in [-0.39, 0.29) is 5.82 Å². The molecule has 0 unspecified atom stereocenters. The molecule has 0 aliphatic carbocycles. The van der Waals surface area contributed by atoms with Gasteiger partial charge in [0.1, 0.15) is 5.82 Å². The summed E-state index contributed by atoms with van der Waals surface area (Å²) in [6.07, 6.45) is 1.64. The SMILES string of the molecule is Fc1cccnc1CN1CCNCC1. The number of nitrogens with zero attached hydrogens (tertiary/aromatic N) is 2. The molecule has 1 aromatic rings. The molecular weight excluding hydrogens is 181 g/mol. The summed E-state index contributed by atoms with van der Waals surface area (Å²) < 4.78 is 13.2. The normalized spacial score (nSPS) is 18.4. The van der Waals surface area contributed by atoms with Gasteiger partial charge < -0.3 is 5.32 Å². The zero-order chi connectivity index (χ0) is 9.80. The van der Waals surface area contributed by atoms with Crippen molar-refractivity contribution < 1.29 is 4.39 Å². The zero-order valence-corrected chi connectivity index (χ0v) is 8.04. The molecule has 0 atom stereocenters. The second-order valence-corrected chi connectivity index (χ2v) is 3.46. The van der Waals surface area contributed by atoms with Gasteiger partial charge in [-0.1, -0.05) is 0 Å². The van der Waals surface area contributed by atoms with E-state index in [2.05, 4.69) is 15.2 Å². The van der Waals surface area contributed by atoms with Crippen molar-refractivity contribution in [3.8, 4) is 0 Å². The number of pyridine rings is 1. The molecule has 0 amide bonds. The van der Waals surface area contributed by atoms with Crippen molar-refractivity contribution >= 4 is 0 Å². The lowest BCUT2D eigenvalue weighted by Crippen LogP contribution is -2.43. The highest BCUT2D eigenvalue weighted by Crippen LogP contribution is 2.06. The van der Waals surface area contributed by atoms with Gasteiger partial charge in [0.05, 0.1) is 5.69 Å². The van der Waals surface area contributed by atoms with Gasteiger partial charge in [0.15, 0.2) is 0 Å². The Morgan fingerprint density at radius 2 is 2.21 bits per heavy atom. The first kappa shape index (κ1) is 9.55. The maximum Gasteiger partial charge on any atom is 0.146 e. The summed E-state index contributed by atoms with van der Waals surface area (Å²) in [6, 6.07) is 3.08. The molecule has 1 saturated heterocycles. The molecule has 1 N–H and O–H groups in total. The van der Waals surface area contributed by atoms with Gasteiger partial charge in [-0.3, -0.25) is 9.88 Å². The summed E-state index contributed by atoms with van der Waals surface area (Å²) >= 11 is 0. The molecule has 1 aliphatic heterocycles. The lowest BCUT2D eigenvalue weighted by Gasteiger charge is -2.26. The van der Waals surface area contributed by atoms with Gasteiger partial charge in [0.2, 0.25) is 0 Å². The molecule has 1 aromatic heterocycles. The predicted molar refractivity (Wildman–Crippen MR) is 52.3 cm³/mol. The molecule has 0 spiro atoms. The number of aromatic nitrogens is 1. The van der Waals surface area contributed by atoms with Crippen LogP contribution in [0.3, 0.4) is 0 Å². The smallest absolute Gasteiger partial charge is 0.146 e. The minimum atomic E-state index is -0.203. The third-order valence-electron chi connectivity index (χ3n) is 2.42. The Morgan fingerprint density at radius 1 is 1.43 bits per heavy atom. The van der Waals surface area contributed by atoms with Gasteiger partial charge in [-0.25, -0.2) is 4.39 Å². The number of halogens is 1. The van der Waals surface area contributed by atoms with Crippen LogP contribution in [-0.2, 0) is 6.54 Å². The minimum Gasteiger partial charge on any atom is -0.314 e. The summed E-state index contributed by atoms with van der Waals surface area (Å²) in [5.74, 6) is -0.203. The van der Waals surface area contributed by atoms with Crippen molar-refractivity contribution in [3.63, 3.8) is 0 Å². The van der Waals surface area contributed by atoms with Crippen LogP contribution in [0.5, 0.6) is 0 Å². The molecular formula is C10H14FN3. The van der Waals surface area contributed by atoms with E-state index in [9.17, 15) is 4.39 Å². The second-order valence-electron chi connectivity index (χ2n) is 3.46. The second kappa shape index (κ2) is 4.48. The number of hydrogen-bond acceptors (Lipinski definition) is 3. The maximum absolute atomic E-state index is 13.2. The van der Waals surface area contributed by atoms with Crippen molar-refractivity contribution in [1.29, 1.82) is 0 Å². The van der Waals surface area contributed by atoms with E-state index in [1.54, 1.807) is 12.3 Å². The molecule has 0 aromatic carbocycles. The largest absolute Gasteiger partial charge is 0.314 e. The maximum atomic E-state index is 13.2. The summed E-state index contributed by atoms with van der Waals surface area (Å²) in [6.45, 7) is 4.52. The van der Waals surface area contributed by atoms with Crippen LogP contribution in [-0.4, -0.2) is 36.1 Å². The molecule has 2 rings (SSSR count). The molecule has 4 heteroatoms. The molecule has 0 saturated carbocycles. The number of nitrogens with one attached hydrogen (secondary N) is 1. The monoisotopic (exact) mass is 195 g/mol. The van der Waals surface area contributed by atoms with Gasteiger partial charge >= 0.3 is 0 Å². The zero-order valence-electron chi connectivity index (χ0n) is 8.04. The van der Waals surface area contributed by atoms with Crippen LogP contribution in [0.2, 0.25) is 0 Å². The summed E-state index contributed by atoms with van der Waals surface area (Å²) in [5.41, 5.74) is 0.550. The highest BCUT2D eigenvalue weighted by molar-refractivity contribution is 5.06. The lowest BCUT2D eigenvalue weighted by atomic mass is 10.3. The number of hydrogen-bond donors (Lipinski definition) is 1. The molecule has 0 radical (unpaired) electrons. The molecule has 14 heavy (non-hydrogen) atoms. The highest BCUT2D eigenvalue weighted by Gasteiger charge is 2.12. The third kappa shape index (κ3) is 2.27. The van der Waals surface area contributed by atoms with Gasteiger partial charge in [0, 0.05) is 38.9 Å². The first-order chi connectivity index (χ1) is 6.86. The Kier molecular flexibility index (Phi) is 3.06. The number of piperazine rings is 1. The van der Waals surface area contributed by atoms with Gasteiger partial charge in [-0.2, -0.15) is 0 Å². The molecule has 1 fully saturated rings.